The zero-order chi connectivity index (χ0) is 25.3. The van der Waals surface area contributed by atoms with Crippen LogP contribution in [0.3, 0.4) is 0 Å². The van der Waals surface area contributed by atoms with Gasteiger partial charge in [0, 0.05) is 10.8 Å². The number of nitrogens with zero attached hydrogens (tertiary/aromatic N) is 1. The van der Waals surface area contributed by atoms with E-state index in [1.54, 1.807) is 0 Å². The highest BCUT2D eigenvalue weighted by Crippen LogP contribution is 2.53. The molecule has 178 valence electrons. The van der Waals surface area contributed by atoms with Crippen LogP contribution in [0.5, 0.6) is 0 Å². The number of aromatic nitrogens is 1. The third-order valence-electron chi connectivity index (χ3n) is 8.01. The van der Waals surface area contributed by atoms with E-state index in [0.717, 1.165) is 44.2 Å². The number of benzene rings is 5. The summed E-state index contributed by atoms with van der Waals surface area (Å²) in [4.78, 5) is 0. The number of fused-ring (bicyclic) bond motifs is 5. The van der Waals surface area contributed by atoms with Crippen LogP contribution in [0.1, 0.15) is 33.4 Å². The van der Waals surface area contributed by atoms with Crippen molar-refractivity contribution >= 4 is 34.4 Å². The Hall–Kier alpha value is -4.12. The Morgan fingerprint density at radius 1 is 0.622 bits per heavy atom. The minimum Gasteiger partial charge on any atom is -0.423 e. The molecule has 2 heterocycles. The molecule has 1 aromatic heterocycles. The topological polar surface area (TPSA) is 45.4 Å². The molecule has 0 atom stereocenters. The summed E-state index contributed by atoms with van der Waals surface area (Å²) in [5.74, 6) is 0. The van der Waals surface area contributed by atoms with E-state index in [9.17, 15) is 10.0 Å². The molecule has 0 saturated carbocycles. The van der Waals surface area contributed by atoms with Crippen LogP contribution < -0.4 is 5.46 Å². The first kappa shape index (κ1) is 22.1. The van der Waals surface area contributed by atoms with Gasteiger partial charge in [-0.05, 0) is 53.7 Å². The third kappa shape index (κ3) is 2.97. The monoisotopic (exact) mass is 479 g/mol. The molecule has 1 aliphatic heterocycles. The number of para-hydroxylation sites is 2. The first-order valence-corrected chi connectivity index (χ1v) is 12.7. The lowest BCUT2D eigenvalue weighted by Crippen LogP contribution is -2.38. The maximum atomic E-state index is 10.4. The molecule has 0 bridgehead atoms. The van der Waals surface area contributed by atoms with Crippen molar-refractivity contribution in [3.8, 4) is 5.69 Å². The van der Waals surface area contributed by atoms with Crippen LogP contribution >= 0.6 is 0 Å². The van der Waals surface area contributed by atoms with Gasteiger partial charge in [-0.3, -0.25) is 0 Å². The van der Waals surface area contributed by atoms with Gasteiger partial charge in [0.05, 0.1) is 22.1 Å². The summed E-state index contributed by atoms with van der Waals surface area (Å²) in [6.45, 7) is 4.21. The van der Waals surface area contributed by atoms with E-state index in [4.69, 9.17) is 0 Å². The number of aryl methyl sites for hydroxylation is 2. The van der Waals surface area contributed by atoms with Gasteiger partial charge in [-0.1, -0.05) is 108 Å². The van der Waals surface area contributed by atoms with Crippen LogP contribution in [0.2, 0.25) is 0 Å². The van der Waals surface area contributed by atoms with E-state index in [1.807, 2.05) is 18.2 Å². The van der Waals surface area contributed by atoms with E-state index in [-0.39, 0.29) is 0 Å². The van der Waals surface area contributed by atoms with E-state index in [0.29, 0.717) is 5.46 Å². The van der Waals surface area contributed by atoms with Crippen molar-refractivity contribution < 1.29 is 10.0 Å². The Morgan fingerprint density at radius 2 is 1.22 bits per heavy atom. The number of hydrogen-bond acceptors (Lipinski definition) is 2. The lowest BCUT2D eigenvalue weighted by atomic mass is 9.61. The van der Waals surface area contributed by atoms with Crippen molar-refractivity contribution in [3.63, 3.8) is 0 Å². The Bertz CT molecular complexity index is 1770. The van der Waals surface area contributed by atoms with Gasteiger partial charge < -0.3 is 14.6 Å². The van der Waals surface area contributed by atoms with Gasteiger partial charge in [0.25, 0.3) is 0 Å². The summed E-state index contributed by atoms with van der Waals surface area (Å²) >= 11 is 0. The van der Waals surface area contributed by atoms with E-state index in [2.05, 4.69) is 109 Å². The van der Waals surface area contributed by atoms with Gasteiger partial charge >= 0.3 is 7.12 Å². The Kier molecular flexibility index (Phi) is 4.75. The van der Waals surface area contributed by atoms with E-state index >= 15 is 0 Å². The minimum absolute atomic E-state index is 0.494. The largest absolute Gasteiger partial charge is 0.488 e. The van der Waals surface area contributed by atoms with Gasteiger partial charge in [-0.15, -0.1) is 0 Å². The fourth-order valence-electron chi connectivity index (χ4n) is 6.33. The molecule has 4 heteroatoms. The summed E-state index contributed by atoms with van der Waals surface area (Å²) in [6.07, 6.45) is 0. The molecular formula is C33H26BNO2. The molecule has 0 saturated heterocycles. The highest BCUT2D eigenvalue weighted by atomic mass is 16.4. The molecule has 5 aromatic carbocycles. The molecule has 0 radical (unpaired) electrons. The molecule has 0 fully saturated rings. The van der Waals surface area contributed by atoms with Crippen LogP contribution in [0.25, 0.3) is 27.5 Å². The predicted molar refractivity (Wildman–Crippen MR) is 152 cm³/mol. The zero-order valence-electron chi connectivity index (χ0n) is 20.8. The standard InChI is InChI=1S/C33H26BNO2/c1-21-11-15-23(16-12-21)33(24-17-13-22(2)14-18-24)28-8-4-6-10-31(28)35-30-9-5-3-7-26(30)27-19-25(34(36)37)20-29(33)32(27)35/h3-20,36-37H,1-2H3. The minimum atomic E-state index is -1.58. The van der Waals surface area contributed by atoms with Crippen molar-refractivity contribution in [2.75, 3.05) is 0 Å². The fraction of sp³-hybridized carbons (Fsp3) is 0.0909. The molecule has 0 spiro atoms. The zero-order valence-corrected chi connectivity index (χ0v) is 20.8. The molecule has 37 heavy (non-hydrogen) atoms. The Balaban J connectivity index is 1.78. The molecule has 3 nitrogen and oxygen atoms in total. The SMILES string of the molecule is Cc1ccc(C2(c3ccc(C)cc3)c3ccccc3-n3c4ccccc4c4cc(B(O)O)cc2c43)cc1. The molecule has 6 aromatic rings. The summed E-state index contributed by atoms with van der Waals surface area (Å²) < 4.78 is 2.35. The van der Waals surface area contributed by atoms with Crippen molar-refractivity contribution in [3.05, 3.63) is 143 Å². The Morgan fingerprint density at radius 3 is 1.86 bits per heavy atom. The molecular weight excluding hydrogens is 453 g/mol. The summed E-state index contributed by atoms with van der Waals surface area (Å²) in [5.41, 5.74) is 10.1. The van der Waals surface area contributed by atoms with Gasteiger partial charge in [-0.2, -0.15) is 0 Å². The van der Waals surface area contributed by atoms with Gasteiger partial charge in [0.15, 0.2) is 0 Å². The molecule has 0 amide bonds. The molecule has 7 rings (SSSR count). The predicted octanol–water partition coefficient (Wildman–Crippen LogP) is 5.78. The summed E-state index contributed by atoms with van der Waals surface area (Å²) in [7, 11) is -1.58. The van der Waals surface area contributed by atoms with Crippen molar-refractivity contribution in [2.24, 2.45) is 0 Å². The quantitative estimate of drug-likeness (QED) is 0.316. The average Bonchev–Trinajstić information content (AvgIpc) is 3.26. The fourth-order valence-corrected chi connectivity index (χ4v) is 6.33. The normalized spacial score (nSPS) is 13.6. The number of hydrogen-bond donors (Lipinski definition) is 2. The maximum absolute atomic E-state index is 10.4. The van der Waals surface area contributed by atoms with Crippen molar-refractivity contribution in [1.29, 1.82) is 0 Å². The van der Waals surface area contributed by atoms with Crippen LogP contribution in [0, 0.1) is 13.8 Å². The smallest absolute Gasteiger partial charge is 0.423 e. The first-order valence-electron chi connectivity index (χ1n) is 12.7. The van der Waals surface area contributed by atoms with Gasteiger partial charge in [-0.25, -0.2) is 0 Å². The maximum Gasteiger partial charge on any atom is 0.488 e. The first-order chi connectivity index (χ1) is 18.0. The van der Waals surface area contributed by atoms with E-state index < -0.39 is 12.5 Å². The third-order valence-corrected chi connectivity index (χ3v) is 8.01. The van der Waals surface area contributed by atoms with E-state index in [1.165, 1.54) is 16.7 Å². The van der Waals surface area contributed by atoms with Gasteiger partial charge in [0.1, 0.15) is 0 Å². The molecule has 1 aliphatic rings. The van der Waals surface area contributed by atoms with Crippen LogP contribution in [-0.2, 0) is 5.41 Å². The lowest BCUT2D eigenvalue weighted by molar-refractivity contribution is 0.425. The molecule has 0 unspecified atom stereocenters. The van der Waals surface area contributed by atoms with Crippen LogP contribution in [-0.4, -0.2) is 21.7 Å². The number of rotatable bonds is 3. The van der Waals surface area contributed by atoms with Crippen molar-refractivity contribution in [2.45, 2.75) is 19.3 Å². The van der Waals surface area contributed by atoms with Crippen LogP contribution in [0.15, 0.2) is 109 Å². The summed E-state index contributed by atoms with van der Waals surface area (Å²) in [6, 6.07) is 38.5. The second-order valence-electron chi connectivity index (χ2n) is 10.2. The Labute approximate surface area is 216 Å². The average molecular weight is 479 g/mol. The van der Waals surface area contributed by atoms with Crippen molar-refractivity contribution in [1.82, 2.24) is 4.57 Å². The highest BCUT2D eigenvalue weighted by molar-refractivity contribution is 6.59. The lowest BCUT2D eigenvalue weighted by Gasteiger charge is -2.42. The molecule has 0 aliphatic carbocycles. The van der Waals surface area contributed by atoms with Crippen LogP contribution in [0.4, 0.5) is 0 Å². The molecule has 2 N–H and O–H groups in total. The van der Waals surface area contributed by atoms with Gasteiger partial charge in [0.2, 0.25) is 0 Å². The summed E-state index contributed by atoms with van der Waals surface area (Å²) in [5, 5.41) is 23.0. The second kappa shape index (κ2) is 7.94. The second-order valence-corrected chi connectivity index (χ2v) is 10.2. The highest BCUT2D eigenvalue weighted by Gasteiger charge is 2.45.